The van der Waals surface area contributed by atoms with Gasteiger partial charge < -0.3 is 44.4 Å². The van der Waals surface area contributed by atoms with Crippen molar-refractivity contribution >= 4 is 95.9 Å². The second kappa shape index (κ2) is 24.1. The molecule has 0 spiro atoms. The highest BCUT2D eigenvalue weighted by molar-refractivity contribution is 6.45. The van der Waals surface area contributed by atoms with Gasteiger partial charge in [0.15, 0.2) is 0 Å². The number of carbonyl (C=O) groups is 6. The highest BCUT2D eigenvalue weighted by atomic mass is 16.6. The largest absolute Gasteiger partial charge is 0.457 e. The zero-order valence-corrected chi connectivity index (χ0v) is 51.5. The minimum atomic E-state index is -1.39. The van der Waals surface area contributed by atoms with Crippen LogP contribution in [0.1, 0.15) is 81.1 Å². The van der Waals surface area contributed by atoms with Gasteiger partial charge in [-0.2, -0.15) is 0 Å². The Kier molecular flexibility index (Phi) is 15.1. The molecule has 94 heavy (non-hydrogen) atoms. The van der Waals surface area contributed by atoms with Crippen molar-refractivity contribution in [2.75, 3.05) is 35.7 Å². The van der Waals surface area contributed by atoms with Crippen molar-refractivity contribution in [1.29, 1.82) is 0 Å². The molecule has 15 rings (SSSR count). The van der Waals surface area contributed by atoms with Crippen molar-refractivity contribution in [1.82, 2.24) is 19.8 Å². The Balaban J connectivity index is 0.998. The van der Waals surface area contributed by atoms with E-state index >= 15 is 19.2 Å². The van der Waals surface area contributed by atoms with Crippen LogP contribution in [0.3, 0.4) is 0 Å². The molecule has 2 fully saturated rings. The lowest BCUT2D eigenvalue weighted by atomic mass is 9.80. The third kappa shape index (κ3) is 10.9. The van der Waals surface area contributed by atoms with Gasteiger partial charge in [0, 0.05) is 73.8 Å². The molecule has 4 aliphatic rings. The summed E-state index contributed by atoms with van der Waals surface area (Å²) in [5, 5.41) is 11.3. The average molecular weight is 1250 g/mol. The van der Waals surface area contributed by atoms with Crippen LogP contribution in [0, 0.1) is 11.8 Å². The van der Waals surface area contributed by atoms with Gasteiger partial charge >= 0.3 is 0 Å². The predicted molar refractivity (Wildman–Crippen MR) is 354 cm³/mol. The van der Waals surface area contributed by atoms with Crippen LogP contribution >= 0.6 is 0 Å². The molecule has 4 atom stereocenters. The van der Waals surface area contributed by atoms with Gasteiger partial charge in [0.1, 0.15) is 69.7 Å². The van der Waals surface area contributed by atoms with Gasteiger partial charge in [0.05, 0.1) is 47.7 Å². The zero-order valence-electron chi connectivity index (χ0n) is 51.5. The number of ether oxygens (including phenoxy) is 6. The molecule has 0 aliphatic carbocycles. The smallest absolute Gasteiger partial charge is 0.262 e. The molecule has 2 aromatic heterocycles. The van der Waals surface area contributed by atoms with Gasteiger partial charge in [-0.3, -0.25) is 38.6 Å². The molecule has 19 heteroatoms. The molecular formula is C75H61N7O12. The van der Waals surface area contributed by atoms with Crippen molar-refractivity contribution in [3.8, 4) is 46.0 Å². The first-order chi connectivity index (χ1) is 45.7. The van der Waals surface area contributed by atoms with E-state index in [0.29, 0.717) is 87.2 Å². The Morgan fingerprint density at radius 2 is 0.809 bits per heavy atom. The number of rotatable bonds is 22. The van der Waals surface area contributed by atoms with Crippen molar-refractivity contribution < 1.29 is 57.2 Å². The van der Waals surface area contributed by atoms with E-state index < -0.39 is 59.4 Å². The molecule has 468 valence electrons. The number of fused-ring (bicyclic) bond motifs is 2. The lowest BCUT2D eigenvalue weighted by Gasteiger charge is -2.37. The molecule has 2 saturated heterocycles. The molecule has 0 saturated carbocycles. The molecule has 9 aromatic carbocycles. The van der Waals surface area contributed by atoms with E-state index in [2.05, 4.69) is 25.9 Å². The number of benzene rings is 9. The maximum Gasteiger partial charge on any atom is 0.262 e. The van der Waals surface area contributed by atoms with Crippen molar-refractivity contribution in [3.05, 3.63) is 210 Å². The van der Waals surface area contributed by atoms with E-state index in [1.165, 1.54) is 0 Å². The number of para-hydroxylation sites is 4. The SMILES string of the molecule is CC(C)C(C(=O)Nc1cc(CCC2CO2)ccn1)N1C(=O)c2cc(Oc3ccccc3)c3c4c(Oc5ccccc5)cc5c6c(cc(Oc7ccccc7)c(c7c(Oc8ccccc8)cc(c2c37)C1=O)c64)C(=O)N(C(C(=O)Nc1cc(NCC2CO2)ccn1)C(C)C)C5=O. The number of aromatic nitrogens is 2. The van der Waals surface area contributed by atoms with Crippen molar-refractivity contribution in [2.45, 2.75) is 64.8 Å². The third-order valence-electron chi connectivity index (χ3n) is 17.4. The standard InChI is InChI=1S/C75H61N7O12/c1-40(2)68(70(83)79-58-31-42(27-29-76-58)25-26-48-38-89-48)81-72(85)50-33-54(91-44-17-9-5-10-18-44)62-64-56(93-46-21-13-7-14-22-46)35-52-61-53(75(88)82(74(52)87)69(41(3)4)71(84)80-59-32-43(28-30-77-59)78-37-49-39-90-49)36-57(94-47-23-15-8-16-24-47)65(67(61)64)63-55(92-45-19-11-6-12-20-45)34-51(73(81)86)60(50)66(62)63/h5-24,27-36,40-41,48-49,68-69H,25-26,37-39H2,1-4H3,(H,76,79,83)(H2,77,78,80,84). The van der Waals surface area contributed by atoms with Gasteiger partial charge in [0.2, 0.25) is 11.8 Å². The molecule has 4 aliphatic heterocycles. The summed E-state index contributed by atoms with van der Waals surface area (Å²) in [4.78, 5) is 105. The maximum absolute atomic E-state index is 16.1. The number of hydrogen-bond donors (Lipinski definition) is 3. The van der Waals surface area contributed by atoms with Gasteiger partial charge in [-0.15, -0.1) is 0 Å². The highest BCUT2D eigenvalue weighted by Gasteiger charge is 2.47. The number of aryl methyl sites for hydroxylation is 1. The first-order valence-electron chi connectivity index (χ1n) is 31.3. The van der Waals surface area contributed by atoms with Crippen LogP contribution in [0.15, 0.2) is 182 Å². The lowest BCUT2D eigenvalue weighted by molar-refractivity contribution is -0.121. The molecule has 6 amide bonds. The molecule has 11 aromatic rings. The summed E-state index contributed by atoms with van der Waals surface area (Å²) >= 11 is 0. The molecular weight excluding hydrogens is 1190 g/mol. The Labute approximate surface area is 538 Å². The van der Waals surface area contributed by atoms with E-state index in [1.807, 2.05) is 30.3 Å². The molecule has 19 nitrogen and oxygen atoms in total. The summed E-state index contributed by atoms with van der Waals surface area (Å²) in [6.07, 6.45) is 4.92. The normalized spacial score (nSPS) is 16.3. The van der Waals surface area contributed by atoms with E-state index in [-0.39, 0.29) is 79.9 Å². The number of nitrogens with one attached hydrogen (secondary N) is 3. The number of nitrogens with zero attached hydrogens (tertiary/aromatic N) is 4. The summed E-state index contributed by atoms with van der Waals surface area (Å²) < 4.78 is 39.1. The van der Waals surface area contributed by atoms with E-state index in [1.54, 1.807) is 180 Å². The molecule has 0 radical (unpaired) electrons. The second-order valence-corrected chi connectivity index (χ2v) is 24.5. The summed E-state index contributed by atoms with van der Waals surface area (Å²) in [6.45, 7) is 8.94. The van der Waals surface area contributed by atoms with E-state index in [0.717, 1.165) is 21.8 Å². The third-order valence-corrected chi connectivity index (χ3v) is 17.4. The van der Waals surface area contributed by atoms with Crippen LogP contribution in [-0.4, -0.2) is 99.3 Å². The van der Waals surface area contributed by atoms with Gasteiger partial charge in [-0.1, -0.05) is 100 Å². The number of carbonyl (C=O) groups excluding carboxylic acids is 6. The average Bonchev–Trinajstić information content (AvgIpc) is 1.45. The summed E-state index contributed by atoms with van der Waals surface area (Å²) in [7, 11) is 0. The molecule has 4 unspecified atom stereocenters. The van der Waals surface area contributed by atoms with Gasteiger partial charge in [-0.05, 0) is 121 Å². The fourth-order valence-electron chi connectivity index (χ4n) is 13.0. The van der Waals surface area contributed by atoms with Crippen molar-refractivity contribution in [3.63, 3.8) is 0 Å². The minimum absolute atomic E-state index is 0.00995. The number of imide groups is 2. The summed E-state index contributed by atoms with van der Waals surface area (Å²) in [5.74, 6) is -3.49. The lowest BCUT2D eigenvalue weighted by Crippen LogP contribution is -2.54. The number of epoxide rings is 2. The van der Waals surface area contributed by atoms with Crippen LogP contribution in [0.25, 0.3) is 43.1 Å². The fraction of sp³-hybridized carbons (Fsp3) is 0.200. The van der Waals surface area contributed by atoms with Crippen LogP contribution in [0.5, 0.6) is 46.0 Å². The van der Waals surface area contributed by atoms with Crippen LogP contribution in [0.2, 0.25) is 0 Å². The zero-order chi connectivity index (χ0) is 64.5. The first-order valence-corrected chi connectivity index (χ1v) is 31.3. The molecule has 3 N–H and O–H groups in total. The Morgan fingerprint density at radius 1 is 0.457 bits per heavy atom. The quantitative estimate of drug-likeness (QED) is 0.0248. The number of amides is 6. The van der Waals surface area contributed by atoms with Crippen LogP contribution in [0.4, 0.5) is 17.3 Å². The summed E-state index contributed by atoms with van der Waals surface area (Å²) in [6, 6.07) is 46.3. The predicted octanol–water partition coefficient (Wildman–Crippen LogP) is 14.4. The van der Waals surface area contributed by atoms with Gasteiger partial charge in [0.25, 0.3) is 23.6 Å². The monoisotopic (exact) mass is 1250 g/mol. The second-order valence-electron chi connectivity index (χ2n) is 24.5. The van der Waals surface area contributed by atoms with Crippen LogP contribution < -0.4 is 34.9 Å². The topological polar surface area (TPSA) is 233 Å². The minimum Gasteiger partial charge on any atom is -0.457 e. The van der Waals surface area contributed by atoms with E-state index in [4.69, 9.17) is 28.4 Å². The molecule has 6 heterocycles. The summed E-state index contributed by atoms with van der Waals surface area (Å²) in [5.41, 5.74) is 1.66. The number of pyridine rings is 2. The van der Waals surface area contributed by atoms with Crippen LogP contribution in [-0.2, 0) is 25.5 Å². The number of hydrogen-bond acceptors (Lipinski definition) is 15. The van der Waals surface area contributed by atoms with Gasteiger partial charge in [-0.25, -0.2) is 9.97 Å². The Hall–Kier alpha value is -11.3. The van der Waals surface area contributed by atoms with Crippen molar-refractivity contribution in [2.24, 2.45) is 11.8 Å². The Bertz CT molecular complexity index is 4350. The Morgan fingerprint density at radius 3 is 1.16 bits per heavy atom. The highest BCUT2D eigenvalue weighted by Crippen LogP contribution is 2.58. The number of anilines is 3. The fourth-order valence-corrected chi connectivity index (χ4v) is 13.0. The first kappa shape index (κ1) is 59.1. The molecule has 0 bridgehead atoms. The maximum atomic E-state index is 16.1. The van der Waals surface area contributed by atoms with E-state index in [9.17, 15) is 9.59 Å².